The fraction of sp³-hybridized carbons (Fsp3) is 0.250. The second-order valence-electron chi connectivity index (χ2n) is 4.72. The standard InChI is InChI=1S/C16H18N4O/c1-3-12-6-5-7-13(10-12)21-16-15-18-8-9-20(15)11-14(19-16)17-4-2/h5-11,17H,3-4H2,1-2H3. The largest absolute Gasteiger partial charge is 0.436 e. The number of imidazole rings is 1. The molecule has 2 heterocycles. The lowest BCUT2D eigenvalue weighted by Gasteiger charge is -2.10. The lowest BCUT2D eigenvalue weighted by atomic mass is 10.2. The lowest BCUT2D eigenvalue weighted by molar-refractivity contribution is 0.465. The van der Waals surface area contributed by atoms with Gasteiger partial charge in [0.2, 0.25) is 5.65 Å². The van der Waals surface area contributed by atoms with Gasteiger partial charge in [-0.1, -0.05) is 19.1 Å². The summed E-state index contributed by atoms with van der Waals surface area (Å²) in [5.41, 5.74) is 1.94. The van der Waals surface area contributed by atoms with Crippen LogP contribution in [0.4, 0.5) is 5.82 Å². The molecule has 21 heavy (non-hydrogen) atoms. The molecule has 0 amide bonds. The Morgan fingerprint density at radius 1 is 1.29 bits per heavy atom. The number of aromatic nitrogens is 3. The molecule has 5 heteroatoms. The van der Waals surface area contributed by atoms with Crippen LogP contribution in [0.1, 0.15) is 19.4 Å². The average Bonchev–Trinajstić information content (AvgIpc) is 2.96. The number of hydrogen-bond acceptors (Lipinski definition) is 4. The zero-order valence-electron chi connectivity index (χ0n) is 12.2. The molecule has 2 aromatic heterocycles. The molecule has 1 N–H and O–H groups in total. The number of rotatable bonds is 5. The molecule has 0 atom stereocenters. The normalized spacial score (nSPS) is 10.8. The van der Waals surface area contributed by atoms with E-state index in [1.807, 2.05) is 41.9 Å². The fourth-order valence-corrected chi connectivity index (χ4v) is 2.18. The Balaban J connectivity index is 1.99. The number of anilines is 1. The van der Waals surface area contributed by atoms with Gasteiger partial charge in [-0.25, -0.2) is 4.98 Å². The maximum atomic E-state index is 5.95. The molecular formula is C16H18N4O. The van der Waals surface area contributed by atoms with Gasteiger partial charge in [-0.05, 0) is 31.0 Å². The van der Waals surface area contributed by atoms with Crippen molar-refractivity contribution in [3.63, 3.8) is 0 Å². The Morgan fingerprint density at radius 2 is 2.19 bits per heavy atom. The first-order valence-electron chi connectivity index (χ1n) is 7.14. The van der Waals surface area contributed by atoms with Gasteiger partial charge < -0.3 is 10.1 Å². The van der Waals surface area contributed by atoms with Gasteiger partial charge >= 0.3 is 0 Å². The monoisotopic (exact) mass is 282 g/mol. The van der Waals surface area contributed by atoms with Crippen LogP contribution in [-0.4, -0.2) is 20.9 Å². The molecule has 0 bridgehead atoms. The molecule has 0 unspecified atom stereocenters. The quantitative estimate of drug-likeness (QED) is 0.778. The highest BCUT2D eigenvalue weighted by atomic mass is 16.5. The predicted octanol–water partition coefficient (Wildman–Crippen LogP) is 3.52. The van der Waals surface area contributed by atoms with E-state index in [4.69, 9.17) is 4.74 Å². The molecule has 0 aliphatic rings. The summed E-state index contributed by atoms with van der Waals surface area (Å²) in [6, 6.07) is 8.03. The molecule has 0 saturated carbocycles. The average molecular weight is 282 g/mol. The number of aryl methyl sites for hydroxylation is 1. The highest BCUT2D eigenvalue weighted by Gasteiger charge is 2.10. The third kappa shape index (κ3) is 2.81. The molecule has 0 aliphatic carbocycles. The van der Waals surface area contributed by atoms with Gasteiger partial charge in [0.1, 0.15) is 11.6 Å². The third-order valence-corrected chi connectivity index (χ3v) is 3.22. The van der Waals surface area contributed by atoms with E-state index in [0.717, 1.165) is 24.5 Å². The molecular weight excluding hydrogens is 264 g/mol. The summed E-state index contributed by atoms with van der Waals surface area (Å²) in [5.74, 6) is 2.05. The fourth-order valence-electron chi connectivity index (χ4n) is 2.18. The maximum absolute atomic E-state index is 5.95. The van der Waals surface area contributed by atoms with Crippen molar-refractivity contribution in [3.05, 3.63) is 48.4 Å². The van der Waals surface area contributed by atoms with Crippen LogP contribution in [0.15, 0.2) is 42.9 Å². The van der Waals surface area contributed by atoms with Crippen molar-refractivity contribution < 1.29 is 4.74 Å². The summed E-state index contributed by atoms with van der Waals surface area (Å²) >= 11 is 0. The van der Waals surface area contributed by atoms with Crippen molar-refractivity contribution in [1.82, 2.24) is 14.4 Å². The van der Waals surface area contributed by atoms with Gasteiger partial charge in [0.25, 0.3) is 5.88 Å². The highest BCUT2D eigenvalue weighted by molar-refractivity contribution is 5.55. The molecule has 108 valence electrons. The molecule has 0 spiro atoms. The number of nitrogens with one attached hydrogen (secondary N) is 1. The topological polar surface area (TPSA) is 51.5 Å². The Bertz CT molecular complexity index is 751. The lowest BCUT2D eigenvalue weighted by Crippen LogP contribution is -2.03. The molecule has 3 aromatic rings. The van der Waals surface area contributed by atoms with Crippen LogP contribution in [0.3, 0.4) is 0 Å². The number of nitrogens with zero attached hydrogens (tertiary/aromatic N) is 3. The second kappa shape index (κ2) is 5.83. The van der Waals surface area contributed by atoms with Crippen molar-refractivity contribution >= 4 is 11.5 Å². The van der Waals surface area contributed by atoms with Crippen LogP contribution in [0.5, 0.6) is 11.6 Å². The SMILES string of the molecule is CCNc1cn2ccnc2c(Oc2cccc(CC)c2)n1. The molecule has 5 nitrogen and oxygen atoms in total. The van der Waals surface area contributed by atoms with E-state index >= 15 is 0 Å². The van der Waals surface area contributed by atoms with E-state index < -0.39 is 0 Å². The van der Waals surface area contributed by atoms with Crippen molar-refractivity contribution in [3.8, 4) is 11.6 Å². The zero-order valence-corrected chi connectivity index (χ0v) is 12.2. The van der Waals surface area contributed by atoms with Gasteiger partial charge in [0.05, 0.1) is 6.20 Å². The summed E-state index contributed by atoms with van der Waals surface area (Å²) in [7, 11) is 0. The van der Waals surface area contributed by atoms with Crippen molar-refractivity contribution in [2.45, 2.75) is 20.3 Å². The number of ether oxygens (including phenoxy) is 1. The van der Waals surface area contributed by atoms with Crippen LogP contribution < -0.4 is 10.1 Å². The Hall–Kier alpha value is -2.56. The highest BCUT2D eigenvalue weighted by Crippen LogP contribution is 2.25. The number of benzene rings is 1. The molecule has 0 radical (unpaired) electrons. The number of hydrogen-bond donors (Lipinski definition) is 1. The van der Waals surface area contributed by atoms with E-state index in [9.17, 15) is 0 Å². The van der Waals surface area contributed by atoms with Gasteiger partial charge in [-0.15, -0.1) is 0 Å². The van der Waals surface area contributed by atoms with Crippen LogP contribution in [-0.2, 0) is 6.42 Å². The van der Waals surface area contributed by atoms with Gasteiger partial charge in [-0.3, -0.25) is 4.40 Å². The summed E-state index contributed by atoms with van der Waals surface area (Å²) < 4.78 is 7.85. The van der Waals surface area contributed by atoms with E-state index in [-0.39, 0.29) is 0 Å². The first-order chi connectivity index (χ1) is 10.3. The zero-order chi connectivity index (χ0) is 14.7. The second-order valence-corrected chi connectivity index (χ2v) is 4.72. The van der Waals surface area contributed by atoms with Gasteiger partial charge in [0.15, 0.2) is 0 Å². The van der Waals surface area contributed by atoms with Crippen molar-refractivity contribution in [2.75, 3.05) is 11.9 Å². The van der Waals surface area contributed by atoms with E-state index in [1.54, 1.807) is 6.20 Å². The van der Waals surface area contributed by atoms with Crippen molar-refractivity contribution in [2.24, 2.45) is 0 Å². The minimum absolute atomic E-state index is 0.506. The van der Waals surface area contributed by atoms with Crippen LogP contribution >= 0.6 is 0 Å². The minimum atomic E-state index is 0.506. The van der Waals surface area contributed by atoms with E-state index in [2.05, 4.69) is 28.3 Å². The van der Waals surface area contributed by atoms with Gasteiger partial charge in [-0.2, -0.15) is 4.98 Å². The van der Waals surface area contributed by atoms with Crippen LogP contribution in [0, 0.1) is 0 Å². The Morgan fingerprint density at radius 3 is 3.00 bits per heavy atom. The van der Waals surface area contributed by atoms with Crippen LogP contribution in [0.2, 0.25) is 0 Å². The smallest absolute Gasteiger partial charge is 0.265 e. The van der Waals surface area contributed by atoms with E-state index in [1.165, 1.54) is 5.56 Å². The van der Waals surface area contributed by atoms with E-state index in [0.29, 0.717) is 11.5 Å². The predicted molar refractivity (Wildman–Crippen MR) is 83.0 cm³/mol. The summed E-state index contributed by atoms with van der Waals surface area (Å²) in [6.07, 6.45) is 6.50. The number of fused-ring (bicyclic) bond motifs is 1. The molecule has 3 rings (SSSR count). The van der Waals surface area contributed by atoms with Gasteiger partial charge in [0, 0.05) is 18.9 Å². The maximum Gasteiger partial charge on any atom is 0.265 e. The Kier molecular flexibility index (Phi) is 3.73. The summed E-state index contributed by atoms with van der Waals surface area (Å²) in [5, 5.41) is 3.20. The molecule has 0 saturated heterocycles. The third-order valence-electron chi connectivity index (χ3n) is 3.22. The molecule has 0 fully saturated rings. The molecule has 1 aromatic carbocycles. The van der Waals surface area contributed by atoms with Crippen molar-refractivity contribution in [1.29, 1.82) is 0 Å². The molecule has 0 aliphatic heterocycles. The summed E-state index contributed by atoms with van der Waals surface area (Å²) in [4.78, 5) is 8.80. The summed E-state index contributed by atoms with van der Waals surface area (Å²) in [6.45, 7) is 4.96. The Labute approximate surface area is 123 Å². The van der Waals surface area contributed by atoms with Crippen LogP contribution in [0.25, 0.3) is 5.65 Å². The first kappa shape index (κ1) is 13.4. The first-order valence-corrected chi connectivity index (χ1v) is 7.14. The minimum Gasteiger partial charge on any atom is -0.436 e.